The smallest absolute Gasteiger partial charge is 0.436 e. The van der Waals surface area contributed by atoms with Gasteiger partial charge in [0.25, 0.3) is 0 Å². The molecular formula is C13H11F3N4O. The van der Waals surface area contributed by atoms with E-state index in [1.807, 2.05) is 0 Å². The number of hydrogen-bond acceptors (Lipinski definition) is 4. The van der Waals surface area contributed by atoms with Gasteiger partial charge in [-0.1, -0.05) is 12.1 Å². The first kappa shape index (κ1) is 14.7. The third kappa shape index (κ3) is 2.91. The normalized spacial score (nSPS) is 11.2. The Bertz CT molecular complexity index is 683. The van der Waals surface area contributed by atoms with Gasteiger partial charge in [0, 0.05) is 0 Å². The molecule has 0 bridgehead atoms. The SMILES string of the molecule is COc1ccc(Cn2nc(C(F)(F)F)c(C#N)c2N)cc1. The summed E-state index contributed by atoms with van der Waals surface area (Å²) in [6, 6.07) is 8.15. The van der Waals surface area contributed by atoms with Crippen LogP contribution in [0.25, 0.3) is 0 Å². The number of rotatable bonds is 3. The fraction of sp³-hybridized carbons (Fsp3) is 0.231. The second-order valence-corrected chi connectivity index (χ2v) is 4.22. The summed E-state index contributed by atoms with van der Waals surface area (Å²) in [5, 5.41) is 12.2. The van der Waals surface area contributed by atoms with E-state index < -0.39 is 17.4 Å². The van der Waals surface area contributed by atoms with Crippen LogP contribution >= 0.6 is 0 Å². The molecule has 1 aromatic heterocycles. The monoisotopic (exact) mass is 296 g/mol. The van der Waals surface area contributed by atoms with E-state index in [0.29, 0.717) is 11.3 Å². The molecule has 2 aromatic rings. The maximum absolute atomic E-state index is 12.8. The molecule has 2 N–H and O–H groups in total. The Kier molecular flexibility index (Phi) is 3.76. The van der Waals surface area contributed by atoms with Crippen LogP contribution in [-0.4, -0.2) is 16.9 Å². The average molecular weight is 296 g/mol. The topological polar surface area (TPSA) is 76.9 Å². The van der Waals surface area contributed by atoms with Gasteiger partial charge in [-0.2, -0.15) is 23.5 Å². The maximum Gasteiger partial charge on any atom is 0.436 e. The minimum absolute atomic E-state index is 0.0284. The van der Waals surface area contributed by atoms with Crippen molar-refractivity contribution in [3.8, 4) is 11.8 Å². The van der Waals surface area contributed by atoms with Gasteiger partial charge in [-0.25, -0.2) is 4.68 Å². The number of nitrogens with two attached hydrogens (primary N) is 1. The number of anilines is 1. The van der Waals surface area contributed by atoms with Crippen LogP contribution in [0.15, 0.2) is 24.3 Å². The maximum atomic E-state index is 12.8. The number of alkyl halides is 3. The van der Waals surface area contributed by atoms with Crippen molar-refractivity contribution >= 4 is 5.82 Å². The number of benzene rings is 1. The van der Waals surface area contributed by atoms with Gasteiger partial charge in [0.05, 0.1) is 13.7 Å². The summed E-state index contributed by atoms with van der Waals surface area (Å²) >= 11 is 0. The van der Waals surface area contributed by atoms with Gasteiger partial charge in [0.1, 0.15) is 23.2 Å². The number of ether oxygens (including phenoxy) is 1. The van der Waals surface area contributed by atoms with Gasteiger partial charge < -0.3 is 10.5 Å². The highest BCUT2D eigenvalue weighted by atomic mass is 19.4. The minimum atomic E-state index is -4.72. The molecule has 21 heavy (non-hydrogen) atoms. The Hall–Kier alpha value is -2.69. The lowest BCUT2D eigenvalue weighted by molar-refractivity contribution is -0.141. The molecule has 5 nitrogen and oxygen atoms in total. The van der Waals surface area contributed by atoms with E-state index >= 15 is 0 Å². The van der Waals surface area contributed by atoms with Crippen molar-refractivity contribution in [2.75, 3.05) is 12.8 Å². The fourth-order valence-electron chi connectivity index (χ4n) is 1.81. The highest BCUT2D eigenvalue weighted by Crippen LogP contribution is 2.33. The Morgan fingerprint density at radius 3 is 2.38 bits per heavy atom. The summed E-state index contributed by atoms with van der Waals surface area (Å²) in [6.07, 6.45) is -4.72. The van der Waals surface area contributed by atoms with Crippen molar-refractivity contribution in [1.82, 2.24) is 9.78 Å². The molecule has 1 aromatic carbocycles. The number of nitrogens with zero attached hydrogens (tertiary/aromatic N) is 3. The number of hydrogen-bond donors (Lipinski definition) is 1. The van der Waals surface area contributed by atoms with Crippen molar-refractivity contribution in [3.63, 3.8) is 0 Å². The molecule has 0 atom stereocenters. The first-order chi connectivity index (χ1) is 9.86. The molecule has 110 valence electrons. The molecule has 0 radical (unpaired) electrons. The number of halogens is 3. The van der Waals surface area contributed by atoms with E-state index in [1.165, 1.54) is 13.2 Å². The summed E-state index contributed by atoms with van der Waals surface area (Å²) in [6.45, 7) is 0.0284. The molecular weight excluding hydrogens is 285 g/mol. The van der Waals surface area contributed by atoms with E-state index in [9.17, 15) is 13.2 Å². The standard InChI is InChI=1S/C13H11F3N4O/c1-21-9-4-2-8(3-5-9)7-20-12(18)10(6-17)11(19-20)13(14,15)16/h2-5H,7,18H2,1H3. The fourth-order valence-corrected chi connectivity index (χ4v) is 1.81. The Morgan fingerprint density at radius 2 is 1.95 bits per heavy atom. The average Bonchev–Trinajstić information content (AvgIpc) is 2.76. The molecule has 0 saturated carbocycles. The number of methoxy groups -OCH3 is 1. The zero-order valence-corrected chi connectivity index (χ0v) is 11.0. The lowest BCUT2D eigenvalue weighted by atomic mass is 10.2. The van der Waals surface area contributed by atoms with E-state index in [-0.39, 0.29) is 12.4 Å². The third-order valence-corrected chi connectivity index (χ3v) is 2.86. The molecule has 0 aliphatic carbocycles. The van der Waals surface area contributed by atoms with Crippen molar-refractivity contribution in [2.24, 2.45) is 0 Å². The van der Waals surface area contributed by atoms with Crippen molar-refractivity contribution in [1.29, 1.82) is 5.26 Å². The highest BCUT2D eigenvalue weighted by molar-refractivity contribution is 5.53. The van der Waals surface area contributed by atoms with E-state index in [4.69, 9.17) is 15.7 Å². The van der Waals surface area contributed by atoms with Crippen molar-refractivity contribution < 1.29 is 17.9 Å². The molecule has 0 spiro atoms. The largest absolute Gasteiger partial charge is 0.497 e. The van der Waals surface area contributed by atoms with Gasteiger partial charge in [-0.3, -0.25) is 0 Å². The zero-order valence-electron chi connectivity index (χ0n) is 11.0. The second-order valence-electron chi connectivity index (χ2n) is 4.22. The number of nitrogen functional groups attached to an aromatic ring is 1. The molecule has 0 saturated heterocycles. The van der Waals surface area contributed by atoms with Gasteiger partial charge in [0.15, 0.2) is 5.69 Å². The highest BCUT2D eigenvalue weighted by Gasteiger charge is 2.39. The third-order valence-electron chi connectivity index (χ3n) is 2.86. The zero-order chi connectivity index (χ0) is 15.6. The van der Waals surface area contributed by atoms with Crippen LogP contribution in [0, 0.1) is 11.3 Å². The lowest BCUT2D eigenvalue weighted by Crippen LogP contribution is -2.10. The minimum Gasteiger partial charge on any atom is -0.497 e. The van der Waals surface area contributed by atoms with Crippen LogP contribution in [0.3, 0.4) is 0 Å². The van der Waals surface area contributed by atoms with Crippen LogP contribution in [-0.2, 0) is 12.7 Å². The predicted octanol–water partition coefficient (Wildman–Crippen LogP) is 2.41. The van der Waals surface area contributed by atoms with Crippen LogP contribution < -0.4 is 10.5 Å². The first-order valence-electron chi connectivity index (χ1n) is 5.83. The van der Waals surface area contributed by atoms with Gasteiger partial charge in [-0.05, 0) is 17.7 Å². The predicted molar refractivity (Wildman–Crippen MR) is 68.5 cm³/mol. The number of nitriles is 1. The Labute approximate surface area is 118 Å². The van der Waals surface area contributed by atoms with Crippen LogP contribution in [0.2, 0.25) is 0 Å². The summed E-state index contributed by atoms with van der Waals surface area (Å²) < 4.78 is 44.3. The van der Waals surface area contributed by atoms with Crippen molar-refractivity contribution in [3.05, 3.63) is 41.1 Å². The van der Waals surface area contributed by atoms with Gasteiger partial charge >= 0.3 is 6.18 Å². The summed E-state index contributed by atoms with van der Waals surface area (Å²) in [4.78, 5) is 0. The van der Waals surface area contributed by atoms with Crippen LogP contribution in [0.4, 0.5) is 19.0 Å². The van der Waals surface area contributed by atoms with Crippen molar-refractivity contribution in [2.45, 2.75) is 12.7 Å². The molecule has 0 unspecified atom stereocenters. The molecule has 0 fully saturated rings. The summed E-state index contributed by atoms with van der Waals surface area (Å²) in [5.74, 6) is 0.321. The van der Waals surface area contributed by atoms with Gasteiger partial charge in [-0.15, -0.1) is 0 Å². The van der Waals surface area contributed by atoms with Crippen LogP contribution in [0.5, 0.6) is 5.75 Å². The molecule has 8 heteroatoms. The molecule has 2 rings (SSSR count). The van der Waals surface area contributed by atoms with E-state index in [2.05, 4.69) is 5.10 Å². The first-order valence-corrected chi connectivity index (χ1v) is 5.83. The second kappa shape index (κ2) is 5.36. The Balaban J connectivity index is 2.36. The summed E-state index contributed by atoms with van der Waals surface area (Å²) in [7, 11) is 1.51. The van der Waals surface area contributed by atoms with E-state index in [1.54, 1.807) is 24.3 Å². The lowest BCUT2D eigenvalue weighted by Gasteiger charge is -2.05. The molecule has 0 aliphatic rings. The Morgan fingerprint density at radius 1 is 1.33 bits per heavy atom. The molecule has 0 aliphatic heterocycles. The molecule has 0 amide bonds. The summed E-state index contributed by atoms with van der Waals surface area (Å²) in [5.41, 5.74) is 4.33. The molecule has 1 heterocycles. The number of aromatic nitrogens is 2. The van der Waals surface area contributed by atoms with Gasteiger partial charge in [0.2, 0.25) is 0 Å². The van der Waals surface area contributed by atoms with Crippen LogP contribution in [0.1, 0.15) is 16.8 Å². The quantitative estimate of drug-likeness (QED) is 0.943. The van der Waals surface area contributed by atoms with E-state index in [0.717, 1.165) is 4.68 Å².